The molecule has 5 rings (SSSR count). The van der Waals surface area contributed by atoms with Crippen LogP contribution in [0.1, 0.15) is 40.8 Å². The van der Waals surface area contributed by atoms with E-state index in [1.807, 2.05) is 39.0 Å². The minimum Gasteiger partial charge on any atom is -0.507 e. The van der Waals surface area contributed by atoms with E-state index in [9.17, 15) is 19.8 Å². The number of nitrogens with zero attached hydrogens (tertiary/aromatic N) is 1. The van der Waals surface area contributed by atoms with Crippen molar-refractivity contribution in [1.29, 1.82) is 0 Å². The molecular formula is C28H24ClNO5. The van der Waals surface area contributed by atoms with Gasteiger partial charge in [0.25, 0.3) is 11.7 Å². The normalized spacial score (nSPS) is 20.7. The van der Waals surface area contributed by atoms with Gasteiger partial charge in [-0.05, 0) is 85.5 Å². The third-order valence-electron chi connectivity index (χ3n) is 6.39. The number of aliphatic hydroxyl groups excluding tert-OH is 1. The van der Waals surface area contributed by atoms with Crippen LogP contribution in [-0.2, 0) is 16.0 Å². The van der Waals surface area contributed by atoms with Crippen LogP contribution in [0.2, 0.25) is 5.02 Å². The van der Waals surface area contributed by atoms with Crippen molar-refractivity contribution in [3.05, 3.63) is 93.0 Å². The minimum atomic E-state index is -0.933. The number of phenols is 1. The zero-order valence-corrected chi connectivity index (χ0v) is 20.3. The molecule has 0 bridgehead atoms. The highest BCUT2D eigenvalue weighted by atomic mass is 35.5. The Morgan fingerprint density at radius 3 is 2.43 bits per heavy atom. The summed E-state index contributed by atoms with van der Waals surface area (Å²) in [5.74, 6) is -1.19. The Kier molecular flexibility index (Phi) is 5.56. The van der Waals surface area contributed by atoms with Crippen LogP contribution in [0.4, 0.5) is 5.69 Å². The summed E-state index contributed by atoms with van der Waals surface area (Å²) >= 11 is 6.20. The fourth-order valence-corrected chi connectivity index (χ4v) is 5.11. The van der Waals surface area contributed by atoms with Crippen LogP contribution in [0.5, 0.6) is 11.5 Å². The van der Waals surface area contributed by atoms with Crippen molar-refractivity contribution in [2.75, 3.05) is 4.90 Å². The molecule has 0 aromatic heterocycles. The highest BCUT2D eigenvalue weighted by Gasteiger charge is 2.47. The van der Waals surface area contributed by atoms with E-state index in [1.165, 1.54) is 17.0 Å². The molecule has 0 spiro atoms. The monoisotopic (exact) mass is 489 g/mol. The summed E-state index contributed by atoms with van der Waals surface area (Å²) in [6, 6.07) is 14.4. The van der Waals surface area contributed by atoms with Gasteiger partial charge >= 0.3 is 0 Å². The summed E-state index contributed by atoms with van der Waals surface area (Å²) in [5.41, 5.74) is 4.20. The molecule has 1 fully saturated rings. The molecule has 0 aliphatic carbocycles. The number of Topliss-reactive ketones (excluding diaryl/α,β-unsaturated/α-hetero) is 1. The maximum absolute atomic E-state index is 13.4. The second-order valence-electron chi connectivity index (χ2n) is 9.18. The molecule has 2 atom stereocenters. The van der Waals surface area contributed by atoms with Crippen molar-refractivity contribution in [2.24, 2.45) is 0 Å². The lowest BCUT2D eigenvalue weighted by atomic mass is 9.94. The topological polar surface area (TPSA) is 87.1 Å². The first-order valence-corrected chi connectivity index (χ1v) is 11.7. The molecule has 1 amide bonds. The lowest BCUT2D eigenvalue weighted by molar-refractivity contribution is -0.132. The number of anilines is 1. The van der Waals surface area contributed by atoms with E-state index >= 15 is 0 Å². The number of halogens is 1. The molecular weight excluding hydrogens is 466 g/mol. The SMILES string of the molecule is Cc1cc(C)cc(N2C(=O)C(=O)/C(=C(\O)c3ccc4c(c3)CC(C)O4)C2c2ccc(O)c(Cl)c2)c1. The molecule has 3 aromatic carbocycles. The maximum atomic E-state index is 13.4. The lowest BCUT2D eigenvalue weighted by Crippen LogP contribution is -2.29. The van der Waals surface area contributed by atoms with Crippen LogP contribution in [0, 0.1) is 13.8 Å². The van der Waals surface area contributed by atoms with E-state index < -0.39 is 17.7 Å². The predicted molar refractivity (Wildman–Crippen MR) is 134 cm³/mol. The summed E-state index contributed by atoms with van der Waals surface area (Å²) in [7, 11) is 0. The Labute approximate surface area is 208 Å². The number of hydrogen-bond acceptors (Lipinski definition) is 5. The number of aryl methyl sites for hydroxylation is 2. The van der Waals surface area contributed by atoms with Crippen molar-refractivity contribution in [3.8, 4) is 11.5 Å². The van der Waals surface area contributed by atoms with Gasteiger partial charge in [0.15, 0.2) is 0 Å². The van der Waals surface area contributed by atoms with Crippen molar-refractivity contribution >= 4 is 34.7 Å². The summed E-state index contributed by atoms with van der Waals surface area (Å²) in [6.07, 6.45) is 0.710. The molecule has 6 nitrogen and oxygen atoms in total. The first-order chi connectivity index (χ1) is 16.6. The van der Waals surface area contributed by atoms with Crippen LogP contribution < -0.4 is 9.64 Å². The Morgan fingerprint density at radius 1 is 1.03 bits per heavy atom. The van der Waals surface area contributed by atoms with Gasteiger partial charge in [0, 0.05) is 17.7 Å². The zero-order chi connectivity index (χ0) is 25.0. The number of carbonyl (C=O) groups excluding carboxylic acids is 2. The van der Waals surface area contributed by atoms with Crippen molar-refractivity contribution in [3.63, 3.8) is 0 Å². The molecule has 7 heteroatoms. The van der Waals surface area contributed by atoms with E-state index in [0.717, 1.165) is 22.4 Å². The number of aromatic hydroxyl groups is 1. The molecule has 2 N–H and O–H groups in total. The van der Waals surface area contributed by atoms with Crippen LogP contribution >= 0.6 is 11.6 Å². The second-order valence-corrected chi connectivity index (χ2v) is 9.59. The smallest absolute Gasteiger partial charge is 0.300 e. The van der Waals surface area contributed by atoms with Gasteiger partial charge in [-0.25, -0.2) is 0 Å². The van der Waals surface area contributed by atoms with Crippen LogP contribution in [0.15, 0.2) is 60.2 Å². The molecule has 178 valence electrons. The van der Waals surface area contributed by atoms with Gasteiger partial charge in [0.2, 0.25) is 0 Å². The summed E-state index contributed by atoms with van der Waals surface area (Å²) in [5, 5.41) is 21.4. The number of phenolic OH excluding ortho intramolecular Hbond substituents is 1. The van der Waals surface area contributed by atoms with E-state index in [4.69, 9.17) is 16.3 Å². The number of benzene rings is 3. The average molecular weight is 490 g/mol. The number of carbonyl (C=O) groups is 2. The van der Waals surface area contributed by atoms with Gasteiger partial charge in [-0.1, -0.05) is 23.7 Å². The molecule has 35 heavy (non-hydrogen) atoms. The Balaban J connectivity index is 1.72. The number of fused-ring (bicyclic) bond motifs is 1. The van der Waals surface area contributed by atoms with Crippen molar-refractivity contribution in [1.82, 2.24) is 0 Å². The molecule has 2 aliphatic heterocycles. The summed E-state index contributed by atoms with van der Waals surface area (Å²) in [6.45, 7) is 5.78. The van der Waals surface area contributed by atoms with Gasteiger partial charge in [0.1, 0.15) is 23.4 Å². The van der Waals surface area contributed by atoms with Gasteiger partial charge in [-0.2, -0.15) is 0 Å². The maximum Gasteiger partial charge on any atom is 0.300 e. The Bertz CT molecular complexity index is 1410. The van der Waals surface area contributed by atoms with E-state index in [2.05, 4.69) is 0 Å². The number of ketones is 1. The quantitative estimate of drug-likeness (QED) is 0.283. The Hall–Kier alpha value is -3.77. The molecule has 3 aromatic rings. The Morgan fingerprint density at radius 2 is 1.74 bits per heavy atom. The van der Waals surface area contributed by atoms with Gasteiger partial charge < -0.3 is 14.9 Å². The van der Waals surface area contributed by atoms with E-state index in [1.54, 1.807) is 24.3 Å². The van der Waals surface area contributed by atoms with Crippen LogP contribution in [0.3, 0.4) is 0 Å². The molecule has 2 aliphatic rings. The van der Waals surface area contributed by atoms with Gasteiger partial charge in [-0.3, -0.25) is 14.5 Å². The predicted octanol–water partition coefficient (Wildman–Crippen LogP) is 5.61. The highest BCUT2D eigenvalue weighted by molar-refractivity contribution is 6.51. The lowest BCUT2D eigenvalue weighted by Gasteiger charge is -2.26. The minimum absolute atomic E-state index is 0.0247. The largest absolute Gasteiger partial charge is 0.507 e. The summed E-state index contributed by atoms with van der Waals surface area (Å²) in [4.78, 5) is 28.1. The molecule has 0 radical (unpaired) electrons. The zero-order valence-electron chi connectivity index (χ0n) is 19.5. The fraction of sp³-hybridized carbons (Fsp3) is 0.214. The number of hydrogen-bond donors (Lipinski definition) is 2. The van der Waals surface area contributed by atoms with E-state index in [-0.39, 0.29) is 28.2 Å². The second kappa shape index (κ2) is 8.47. The van der Waals surface area contributed by atoms with Crippen LogP contribution in [-0.4, -0.2) is 28.0 Å². The molecule has 0 saturated carbocycles. The van der Waals surface area contributed by atoms with Crippen molar-refractivity contribution < 1.29 is 24.5 Å². The van der Waals surface area contributed by atoms with Gasteiger partial charge in [0.05, 0.1) is 16.6 Å². The first-order valence-electron chi connectivity index (χ1n) is 11.3. The summed E-state index contributed by atoms with van der Waals surface area (Å²) < 4.78 is 5.75. The molecule has 2 heterocycles. The number of amides is 1. The number of ether oxygens (including phenoxy) is 1. The fourth-order valence-electron chi connectivity index (χ4n) is 4.92. The standard InChI is InChI=1S/C28H24ClNO5/c1-14-8-15(2)10-20(9-14)30-25(17-4-6-22(31)21(29)13-17)24(27(33)28(30)34)26(32)18-5-7-23-19(12-18)11-16(3)35-23/h4-10,12-13,16,25,31-32H,11H2,1-3H3/b26-24-. The molecule has 1 saturated heterocycles. The first kappa shape index (κ1) is 23.0. The third kappa shape index (κ3) is 3.94. The third-order valence-corrected chi connectivity index (χ3v) is 6.69. The van der Waals surface area contributed by atoms with Crippen molar-refractivity contribution in [2.45, 2.75) is 39.3 Å². The van der Waals surface area contributed by atoms with Gasteiger partial charge in [-0.15, -0.1) is 0 Å². The number of aliphatic hydroxyl groups is 1. The highest BCUT2D eigenvalue weighted by Crippen LogP contribution is 2.44. The average Bonchev–Trinajstić information content (AvgIpc) is 3.30. The molecule has 2 unspecified atom stereocenters. The van der Waals surface area contributed by atoms with Crippen LogP contribution in [0.25, 0.3) is 5.76 Å². The van der Waals surface area contributed by atoms with E-state index in [0.29, 0.717) is 23.2 Å². The number of rotatable bonds is 3.